The van der Waals surface area contributed by atoms with Crippen LogP contribution >= 0.6 is 15.9 Å². The largest absolute Gasteiger partial charge is 0.345 e. The quantitative estimate of drug-likeness (QED) is 0.628. The molecule has 3 N–H and O–H groups in total. The van der Waals surface area contributed by atoms with Crippen LogP contribution in [0.4, 0.5) is 0 Å². The van der Waals surface area contributed by atoms with Crippen LogP contribution in [0.1, 0.15) is 15.9 Å². The van der Waals surface area contributed by atoms with Crippen LogP contribution < -0.4 is 10.9 Å². The fraction of sp³-hybridized carbons (Fsp3) is 0. The van der Waals surface area contributed by atoms with E-state index in [4.69, 9.17) is 0 Å². The zero-order valence-electron chi connectivity index (χ0n) is 11.6. The van der Waals surface area contributed by atoms with Crippen molar-refractivity contribution >= 4 is 38.6 Å². The minimum atomic E-state index is -0.241. The minimum Gasteiger partial charge on any atom is -0.345 e. The highest BCUT2D eigenvalue weighted by atomic mass is 79.9. The minimum absolute atomic E-state index is 0.241. The summed E-state index contributed by atoms with van der Waals surface area (Å²) in [7, 11) is 0. The predicted octanol–water partition coefficient (Wildman–Crippen LogP) is 3.23. The van der Waals surface area contributed by atoms with Crippen molar-refractivity contribution in [2.75, 3.05) is 0 Å². The molecule has 3 rings (SSSR count). The third kappa shape index (κ3) is 3.01. The molecule has 0 fully saturated rings. The van der Waals surface area contributed by atoms with Crippen LogP contribution in [0.25, 0.3) is 16.7 Å². The molecule has 5 nitrogen and oxygen atoms in total. The van der Waals surface area contributed by atoms with Gasteiger partial charge in [0.05, 0.1) is 23.1 Å². The first-order valence-electron chi connectivity index (χ1n) is 6.58. The van der Waals surface area contributed by atoms with Crippen molar-refractivity contribution in [2.24, 2.45) is 0 Å². The number of aromatic nitrogens is 2. The van der Waals surface area contributed by atoms with E-state index >= 15 is 0 Å². The molecule has 6 heteroatoms. The summed E-state index contributed by atoms with van der Waals surface area (Å²) in [6.45, 7) is 3.90. The Morgan fingerprint density at radius 2 is 1.82 bits per heavy atom. The molecular formula is C16H13BrN4O. The lowest BCUT2D eigenvalue weighted by atomic mass is 10.2. The lowest BCUT2D eigenvalue weighted by Crippen LogP contribution is -2.35. The SMILES string of the molecule is C=C(NNC(=O)c1ccc2nc[nH]c2c1)c1ccc(Br)cc1. The average molecular weight is 357 g/mol. The lowest BCUT2D eigenvalue weighted by molar-refractivity contribution is 0.0942. The molecule has 110 valence electrons. The van der Waals surface area contributed by atoms with Crippen LogP contribution in [0, 0.1) is 0 Å². The van der Waals surface area contributed by atoms with Gasteiger partial charge in [0, 0.05) is 10.0 Å². The van der Waals surface area contributed by atoms with E-state index < -0.39 is 0 Å². The highest BCUT2D eigenvalue weighted by molar-refractivity contribution is 9.10. The van der Waals surface area contributed by atoms with Gasteiger partial charge in [0.1, 0.15) is 0 Å². The van der Waals surface area contributed by atoms with E-state index in [-0.39, 0.29) is 5.91 Å². The number of fused-ring (bicyclic) bond motifs is 1. The standard InChI is InChI=1S/C16H13BrN4O/c1-10(11-2-5-13(17)6-3-11)20-21-16(22)12-4-7-14-15(8-12)19-9-18-14/h2-9,20H,1H2,(H,18,19)(H,21,22). The molecule has 0 atom stereocenters. The molecule has 0 spiro atoms. The first-order chi connectivity index (χ1) is 10.6. The van der Waals surface area contributed by atoms with Crippen LogP contribution in [-0.2, 0) is 0 Å². The molecule has 0 bridgehead atoms. The number of carbonyl (C=O) groups is 1. The van der Waals surface area contributed by atoms with Crippen molar-refractivity contribution in [3.8, 4) is 0 Å². The van der Waals surface area contributed by atoms with Crippen LogP contribution in [0.3, 0.4) is 0 Å². The molecule has 0 saturated carbocycles. The number of halogens is 1. The number of amides is 1. The van der Waals surface area contributed by atoms with Crippen molar-refractivity contribution in [3.63, 3.8) is 0 Å². The van der Waals surface area contributed by atoms with Crippen molar-refractivity contribution in [2.45, 2.75) is 0 Å². The van der Waals surface area contributed by atoms with E-state index in [1.807, 2.05) is 24.3 Å². The van der Waals surface area contributed by atoms with E-state index in [2.05, 4.69) is 43.3 Å². The van der Waals surface area contributed by atoms with Crippen LogP contribution in [0.15, 0.2) is 59.8 Å². The molecule has 2 aromatic carbocycles. The molecule has 1 heterocycles. The van der Waals surface area contributed by atoms with Crippen molar-refractivity contribution < 1.29 is 4.79 Å². The van der Waals surface area contributed by atoms with Gasteiger partial charge in [0.25, 0.3) is 5.91 Å². The smallest absolute Gasteiger partial charge is 0.269 e. The Bertz CT molecular complexity index is 839. The summed E-state index contributed by atoms with van der Waals surface area (Å²) in [4.78, 5) is 19.2. The molecule has 22 heavy (non-hydrogen) atoms. The zero-order valence-corrected chi connectivity index (χ0v) is 13.1. The first-order valence-corrected chi connectivity index (χ1v) is 7.37. The van der Waals surface area contributed by atoms with Crippen molar-refractivity contribution in [1.82, 2.24) is 20.8 Å². The molecule has 1 amide bonds. The normalized spacial score (nSPS) is 10.4. The van der Waals surface area contributed by atoms with E-state index in [0.717, 1.165) is 21.1 Å². The molecule has 0 aliphatic carbocycles. The third-order valence-corrected chi connectivity index (χ3v) is 3.73. The topological polar surface area (TPSA) is 69.8 Å². The van der Waals surface area contributed by atoms with Crippen LogP contribution in [-0.4, -0.2) is 15.9 Å². The summed E-state index contributed by atoms with van der Waals surface area (Å²) in [6.07, 6.45) is 1.60. The number of rotatable bonds is 4. The van der Waals surface area contributed by atoms with Gasteiger partial charge >= 0.3 is 0 Å². The van der Waals surface area contributed by atoms with Crippen molar-refractivity contribution in [1.29, 1.82) is 0 Å². The van der Waals surface area contributed by atoms with Gasteiger partial charge in [-0.25, -0.2) is 4.98 Å². The summed E-state index contributed by atoms with van der Waals surface area (Å²) in [5.41, 5.74) is 9.14. The number of hydrogen-bond donors (Lipinski definition) is 3. The molecule has 3 aromatic rings. The Kier molecular flexibility index (Phi) is 3.93. The maximum absolute atomic E-state index is 12.1. The fourth-order valence-corrected chi connectivity index (χ4v) is 2.27. The number of hydrogen-bond acceptors (Lipinski definition) is 3. The number of nitrogens with one attached hydrogen (secondary N) is 3. The maximum Gasteiger partial charge on any atom is 0.269 e. The predicted molar refractivity (Wildman–Crippen MR) is 89.9 cm³/mol. The zero-order chi connectivity index (χ0) is 15.5. The van der Waals surface area contributed by atoms with E-state index in [0.29, 0.717) is 11.3 Å². The highest BCUT2D eigenvalue weighted by Crippen LogP contribution is 2.15. The van der Waals surface area contributed by atoms with Crippen molar-refractivity contribution in [3.05, 3.63) is 71.0 Å². The highest BCUT2D eigenvalue weighted by Gasteiger charge is 2.07. The first kappa shape index (κ1) is 14.3. The molecule has 0 aliphatic rings. The number of nitrogens with zero attached hydrogens (tertiary/aromatic N) is 1. The maximum atomic E-state index is 12.1. The summed E-state index contributed by atoms with van der Waals surface area (Å²) in [6, 6.07) is 12.9. The Labute approximate surface area is 135 Å². The van der Waals surface area contributed by atoms with Gasteiger partial charge in [-0.05, 0) is 35.9 Å². The van der Waals surface area contributed by atoms with Gasteiger partial charge in [0.15, 0.2) is 0 Å². The van der Waals surface area contributed by atoms with Gasteiger partial charge in [-0.1, -0.05) is 34.6 Å². The Balaban J connectivity index is 1.66. The Morgan fingerprint density at radius 1 is 1.09 bits per heavy atom. The number of hydrazine groups is 1. The fourth-order valence-electron chi connectivity index (χ4n) is 2.00. The van der Waals surface area contributed by atoms with Crippen LogP contribution in [0.2, 0.25) is 0 Å². The number of carbonyl (C=O) groups excluding carboxylic acids is 1. The molecule has 0 aliphatic heterocycles. The van der Waals surface area contributed by atoms with E-state index in [1.165, 1.54) is 0 Å². The molecule has 0 radical (unpaired) electrons. The molecule has 0 unspecified atom stereocenters. The second-order valence-corrected chi connectivity index (χ2v) is 5.61. The summed E-state index contributed by atoms with van der Waals surface area (Å²) in [5, 5.41) is 0. The number of H-pyrrole nitrogens is 1. The van der Waals surface area contributed by atoms with Crippen LogP contribution in [0.5, 0.6) is 0 Å². The van der Waals surface area contributed by atoms with Gasteiger partial charge in [-0.15, -0.1) is 0 Å². The number of aromatic amines is 1. The molecule has 1 aromatic heterocycles. The van der Waals surface area contributed by atoms with E-state index in [9.17, 15) is 4.79 Å². The summed E-state index contributed by atoms with van der Waals surface area (Å²) in [5.74, 6) is -0.241. The lowest BCUT2D eigenvalue weighted by Gasteiger charge is -2.11. The monoisotopic (exact) mass is 356 g/mol. The molecule has 0 saturated heterocycles. The Hall–Kier alpha value is -2.60. The number of benzene rings is 2. The van der Waals surface area contributed by atoms with Gasteiger partial charge in [-0.3, -0.25) is 15.6 Å². The average Bonchev–Trinajstić information content (AvgIpc) is 3.00. The van der Waals surface area contributed by atoms with Gasteiger partial charge in [-0.2, -0.15) is 0 Å². The second kappa shape index (κ2) is 6.03. The Morgan fingerprint density at radius 3 is 2.59 bits per heavy atom. The molecular weight excluding hydrogens is 344 g/mol. The van der Waals surface area contributed by atoms with Gasteiger partial charge < -0.3 is 4.98 Å². The third-order valence-electron chi connectivity index (χ3n) is 3.20. The summed E-state index contributed by atoms with van der Waals surface area (Å²) >= 11 is 3.38. The summed E-state index contributed by atoms with van der Waals surface area (Å²) < 4.78 is 0.987. The second-order valence-electron chi connectivity index (χ2n) is 4.70. The number of imidazole rings is 1. The van der Waals surface area contributed by atoms with Gasteiger partial charge in [0.2, 0.25) is 0 Å². The van der Waals surface area contributed by atoms with E-state index in [1.54, 1.807) is 24.5 Å².